The maximum absolute atomic E-state index is 12.4. The molecule has 0 aliphatic rings. The third-order valence-electron chi connectivity index (χ3n) is 3.21. The number of nitrogens with one attached hydrogen (secondary N) is 2. The number of hydrogen-bond acceptors (Lipinski definition) is 2. The van der Waals surface area contributed by atoms with E-state index in [9.17, 15) is 4.79 Å². The van der Waals surface area contributed by atoms with E-state index in [0.717, 1.165) is 16.8 Å². The summed E-state index contributed by atoms with van der Waals surface area (Å²) in [4.78, 5) is 12.4. The molecule has 1 amide bonds. The lowest BCUT2D eigenvalue weighted by Gasteiger charge is -2.15. The Morgan fingerprint density at radius 2 is 1.70 bits per heavy atom. The molecule has 4 N–H and O–H groups in total. The molecule has 0 aromatic heterocycles. The summed E-state index contributed by atoms with van der Waals surface area (Å²) < 4.78 is 0. The molecule has 0 aliphatic heterocycles. The summed E-state index contributed by atoms with van der Waals surface area (Å²) in [6, 6.07) is 8.45. The summed E-state index contributed by atoms with van der Waals surface area (Å²) in [7, 11) is 0. The number of carbonyl (C=O) groups excluding carboxylic acids is 1. The van der Waals surface area contributed by atoms with Crippen LogP contribution in [0.25, 0.3) is 0 Å². The molecular weight excluding hydrogens is 353 g/mol. The van der Waals surface area contributed by atoms with Crippen LogP contribution in [-0.4, -0.2) is 11.0 Å². The number of hydrogen-bond donors (Lipinski definition) is 3. The zero-order chi connectivity index (χ0) is 17.1. The van der Waals surface area contributed by atoms with Gasteiger partial charge < -0.3 is 16.4 Å². The van der Waals surface area contributed by atoms with Gasteiger partial charge in [-0.05, 0) is 67.5 Å². The van der Waals surface area contributed by atoms with Gasteiger partial charge in [-0.2, -0.15) is 0 Å². The van der Waals surface area contributed by atoms with Gasteiger partial charge >= 0.3 is 0 Å². The quantitative estimate of drug-likeness (QED) is 0.697. The second-order valence-corrected chi connectivity index (χ2v) is 6.34. The first kappa shape index (κ1) is 17.5. The highest BCUT2D eigenvalue weighted by molar-refractivity contribution is 7.80. The van der Waals surface area contributed by atoms with Crippen molar-refractivity contribution in [2.45, 2.75) is 13.8 Å². The Morgan fingerprint density at radius 1 is 1.09 bits per heavy atom. The molecule has 0 unspecified atom stereocenters. The number of carbonyl (C=O) groups is 1. The number of thiocarbonyl (C=S) groups is 1. The van der Waals surface area contributed by atoms with E-state index in [-0.39, 0.29) is 11.0 Å². The van der Waals surface area contributed by atoms with Crippen LogP contribution in [0.1, 0.15) is 21.5 Å². The number of anilines is 2. The van der Waals surface area contributed by atoms with Crippen molar-refractivity contribution in [3.05, 3.63) is 57.1 Å². The molecular formula is C16H15Cl2N3OS. The lowest BCUT2D eigenvalue weighted by Crippen LogP contribution is -2.19. The Labute approximate surface area is 150 Å². The minimum Gasteiger partial charge on any atom is -0.376 e. The highest BCUT2D eigenvalue weighted by Gasteiger charge is 2.14. The Kier molecular flexibility index (Phi) is 5.46. The molecule has 120 valence electrons. The number of aryl methyl sites for hydroxylation is 2. The molecule has 2 rings (SSSR count). The molecule has 0 fully saturated rings. The van der Waals surface area contributed by atoms with Crippen molar-refractivity contribution in [3.63, 3.8) is 0 Å². The van der Waals surface area contributed by atoms with Crippen molar-refractivity contribution in [2.24, 2.45) is 5.73 Å². The van der Waals surface area contributed by atoms with Crippen molar-refractivity contribution in [1.82, 2.24) is 0 Å². The molecule has 0 spiro atoms. The largest absolute Gasteiger partial charge is 0.376 e. The van der Waals surface area contributed by atoms with Gasteiger partial charge in [0.2, 0.25) is 0 Å². The Bertz CT molecular complexity index is 770. The van der Waals surface area contributed by atoms with Crippen LogP contribution in [0.5, 0.6) is 0 Å². The molecule has 0 aliphatic carbocycles. The Balaban J connectivity index is 2.31. The molecule has 0 bridgehead atoms. The number of halogens is 2. The predicted molar refractivity (Wildman–Crippen MR) is 101 cm³/mol. The average Bonchev–Trinajstić information content (AvgIpc) is 2.44. The van der Waals surface area contributed by atoms with Gasteiger partial charge in [0.05, 0.1) is 10.6 Å². The summed E-state index contributed by atoms with van der Waals surface area (Å²) >= 11 is 16.8. The second kappa shape index (κ2) is 7.17. The van der Waals surface area contributed by atoms with Crippen LogP contribution in [0.3, 0.4) is 0 Å². The van der Waals surface area contributed by atoms with Gasteiger partial charge in [0, 0.05) is 16.4 Å². The SMILES string of the molecule is Cc1cc(NC(N)=S)cc(C)c1NC(=O)c1cc(Cl)ccc1Cl. The summed E-state index contributed by atoms with van der Waals surface area (Å²) in [5.41, 5.74) is 9.01. The van der Waals surface area contributed by atoms with Gasteiger partial charge in [-0.3, -0.25) is 4.79 Å². The first-order chi connectivity index (χ1) is 10.8. The highest BCUT2D eigenvalue weighted by Crippen LogP contribution is 2.27. The van der Waals surface area contributed by atoms with Gasteiger partial charge in [-0.1, -0.05) is 23.2 Å². The van der Waals surface area contributed by atoms with Gasteiger partial charge in [0.25, 0.3) is 5.91 Å². The van der Waals surface area contributed by atoms with Crippen LogP contribution in [0, 0.1) is 13.8 Å². The Hall–Kier alpha value is -1.82. The molecule has 0 saturated heterocycles. The summed E-state index contributed by atoms with van der Waals surface area (Å²) in [6.45, 7) is 3.76. The van der Waals surface area contributed by atoms with E-state index in [1.165, 1.54) is 6.07 Å². The number of rotatable bonds is 3. The summed E-state index contributed by atoms with van der Waals surface area (Å²) in [6.07, 6.45) is 0. The van der Waals surface area contributed by atoms with Crippen LogP contribution >= 0.6 is 35.4 Å². The van der Waals surface area contributed by atoms with Crippen molar-refractivity contribution < 1.29 is 4.79 Å². The maximum Gasteiger partial charge on any atom is 0.257 e. The van der Waals surface area contributed by atoms with E-state index in [1.54, 1.807) is 12.1 Å². The van der Waals surface area contributed by atoms with Crippen molar-refractivity contribution in [1.29, 1.82) is 0 Å². The minimum absolute atomic E-state index is 0.186. The van der Waals surface area contributed by atoms with Crippen LogP contribution < -0.4 is 16.4 Å². The third kappa shape index (κ3) is 4.34. The first-order valence-corrected chi connectivity index (χ1v) is 7.88. The number of amides is 1. The van der Waals surface area contributed by atoms with E-state index in [2.05, 4.69) is 10.6 Å². The predicted octanol–water partition coefficient (Wildman–Crippen LogP) is 4.52. The highest BCUT2D eigenvalue weighted by atomic mass is 35.5. The molecule has 2 aromatic rings. The third-order valence-corrected chi connectivity index (χ3v) is 3.88. The number of benzene rings is 2. The van der Waals surface area contributed by atoms with E-state index in [1.807, 2.05) is 26.0 Å². The topological polar surface area (TPSA) is 67.2 Å². The summed E-state index contributed by atoms with van der Waals surface area (Å²) in [5, 5.41) is 6.72. The van der Waals surface area contributed by atoms with Gasteiger partial charge in [-0.25, -0.2) is 0 Å². The standard InChI is InChI=1S/C16H15Cl2N3OS/c1-8-5-11(20-16(19)23)6-9(2)14(8)21-15(22)12-7-10(17)3-4-13(12)18/h3-7H,1-2H3,(H,21,22)(H3,19,20,23). The van der Waals surface area contributed by atoms with E-state index < -0.39 is 0 Å². The zero-order valence-corrected chi connectivity index (χ0v) is 14.9. The normalized spacial score (nSPS) is 10.3. The molecule has 0 saturated carbocycles. The summed E-state index contributed by atoms with van der Waals surface area (Å²) in [5.74, 6) is -0.321. The minimum atomic E-state index is -0.321. The lowest BCUT2D eigenvalue weighted by atomic mass is 10.1. The van der Waals surface area contributed by atoms with Crippen LogP contribution in [0.2, 0.25) is 10.0 Å². The van der Waals surface area contributed by atoms with E-state index in [4.69, 9.17) is 41.2 Å². The van der Waals surface area contributed by atoms with E-state index >= 15 is 0 Å². The first-order valence-electron chi connectivity index (χ1n) is 6.72. The molecule has 0 radical (unpaired) electrons. The average molecular weight is 368 g/mol. The monoisotopic (exact) mass is 367 g/mol. The molecule has 0 atom stereocenters. The fourth-order valence-electron chi connectivity index (χ4n) is 2.23. The van der Waals surface area contributed by atoms with Crippen LogP contribution in [0.15, 0.2) is 30.3 Å². The van der Waals surface area contributed by atoms with Gasteiger partial charge in [0.1, 0.15) is 0 Å². The molecule has 4 nitrogen and oxygen atoms in total. The lowest BCUT2D eigenvalue weighted by molar-refractivity contribution is 0.102. The van der Waals surface area contributed by atoms with Gasteiger partial charge in [0.15, 0.2) is 5.11 Å². The van der Waals surface area contributed by atoms with Gasteiger partial charge in [-0.15, -0.1) is 0 Å². The molecule has 2 aromatic carbocycles. The molecule has 0 heterocycles. The molecule has 23 heavy (non-hydrogen) atoms. The fourth-order valence-corrected chi connectivity index (χ4v) is 2.72. The van der Waals surface area contributed by atoms with Crippen LogP contribution in [0.4, 0.5) is 11.4 Å². The van der Waals surface area contributed by atoms with Crippen LogP contribution in [-0.2, 0) is 0 Å². The second-order valence-electron chi connectivity index (χ2n) is 5.05. The van der Waals surface area contributed by atoms with Crippen molar-refractivity contribution >= 4 is 57.8 Å². The maximum atomic E-state index is 12.4. The Morgan fingerprint density at radius 3 is 2.26 bits per heavy atom. The zero-order valence-electron chi connectivity index (χ0n) is 12.5. The fraction of sp³-hybridized carbons (Fsp3) is 0.125. The number of nitrogens with two attached hydrogens (primary N) is 1. The van der Waals surface area contributed by atoms with Crippen molar-refractivity contribution in [3.8, 4) is 0 Å². The van der Waals surface area contributed by atoms with Crippen molar-refractivity contribution in [2.75, 3.05) is 10.6 Å². The van der Waals surface area contributed by atoms with E-state index in [0.29, 0.717) is 21.3 Å². The molecule has 7 heteroatoms. The smallest absolute Gasteiger partial charge is 0.257 e.